The molecule has 1 rings (SSSR count). The third-order valence-electron chi connectivity index (χ3n) is 2.03. The van der Waals surface area contributed by atoms with Crippen LogP contribution in [0, 0.1) is 0 Å². The highest BCUT2D eigenvalue weighted by Gasteiger charge is 2.07. The van der Waals surface area contributed by atoms with Gasteiger partial charge in [-0.3, -0.25) is 0 Å². The highest BCUT2D eigenvalue weighted by atomic mass is 19.3. The maximum absolute atomic E-state index is 12.3. The molecule has 0 saturated carbocycles. The fourth-order valence-corrected chi connectivity index (χ4v) is 1.25. The first-order chi connectivity index (χ1) is 7.19. The molecule has 0 spiro atoms. The van der Waals surface area contributed by atoms with Gasteiger partial charge in [-0.15, -0.1) is 0 Å². The molecule has 0 fully saturated rings. The summed E-state index contributed by atoms with van der Waals surface area (Å²) in [7, 11) is 1.46. The summed E-state index contributed by atoms with van der Waals surface area (Å²) in [5.41, 5.74) is 1.58. The lowest BCUT2D eigenvalue weighted by atomic mass is 10.1. The van der Waals surface area contributed by atoms with Gasteiger partial charge in [0.2, 0.25) is 0 Å². The van der Waals surface area contributed by atoms with Gasteiger partial charge in [0.05, 0.1) is 5.71 Å². The first kappa shape index (κ1) is 11.6. The van der Waals surface area contributed by atoms with E-state index in [1.165, 1.54) is 19.2 Å². The standard InChI is InChI=1S/C11H13F2NO/c1-3-10(14-15-2)8-4-6-9(7-5-8)11(12)13/h4-7,11H,3H2,1-2H3. The molecule has 0 aliphatic carbocycles. The summed E-state index contributed by atoms with van der Waals surface area (Å²) in [4.78, 5) is 4.67. The van der Waals surface area contributed by atoms with Crippen LogP contribution < -0.4 is 0 Å². The van der Waals surface area contributed by atoms with Gasteiger partial charge in [0.15, 0.2) is 0 Å². The van der Waals surface area contributed by atoms with Gasteiger partial charge in [0.25, 0.3) is 6.43 Å². The Morgan fingerprint density at radius 3 is 2.33 bits per heavy atom. The Balaban J connectivity index is 2.92. The number of oxime groups is 1. The monoisotopic (exact) mass is 213 g/mol. The van der Waals surface area contributed by atoms with Crippen molar-refractivity contribution in [2.24, 2.45) is 5.16 Å². The van der Waals surface area contributed by atoms with Crippen LogP contribution in [-0.4, -0.2) is 12.8 Å². The second-order valence-corrected chi connectivity index (χ2v) is 3.00. The van der Waals surface area contributed by atoms with E-state index in [9.17, 15) is 8.78 Å². The molecule has 0 aromatic heterocycles. The minimum Gasteiger partial charge on any atom is -0.399 e. The van der Waals surface area contributed by atoms with E-state index in [0.717, 1.165) is 11.3 Å². The third-order valence-corrected chi connectivity index (χ3v) is 2.03. The van der Waals surface area contributed by atoms with Crippen LogP contribution >= 0.6 is 0 Å². The van der Waals surface area contributed by atoms with E-state index in [1.54, 1.807) is 12.1 Å². The summed E-state index contributed by atoms with van der Waals surface area (Å²) >= 11 is 0. The lowest BCUT2D eigenvalue weighted by molar-refractivity contribution is 0.151. The fraction of sp³-hybridized carbons (Fsp3) is 0.364. The van der Waals surface area contributed by atoms with Gasteiger partial charge in [0, 0.05) is 5.56 Å². The van der Waals surface area contributed by atoms with Crippen molar-refractivity contribution in [2.45, 2.75) is 19.8 Å². The smallest absolute Gasteiger partial charge is 0.263 e. The molecule has 0 saturated heterocycles. The second-order valence-electron chi connectivity index (χ2n) is 3.00. The Kier molecular flexibility index (Phi) is 4.21. The Bertz CT molecular complexity index is 333. The van der Waals surface area contributed by atoms with Gasteiger partial charge in [-0.25, -0.2) is 8.78 Å². The van der Waals surface area contributed by atoms with Crippen molar-refractivity contribution in [2.75, 3.05) is 7.11 Å². The minimum absolute atomic E-state index is 0.0200. The van der Waals surface area contributed by atoms with Crippen LogP contribution in [0.2, 0.25) is 0 Å². The molecule has 0 aliphatic rings. The Hall–Kier alpha value is -1.45. The molecule has 1 aromatic rings. The zero-order valence-electron chi connectivity index (χ0n) is 8.71. The van der Waals surface area contributed by atoms with E-state index >= 15 is 0 Å². The first-order valence-corrected chi connectivity index (χ1v) is 4.67. The molecule has 0 atom stereocenters. The van der Waals surface area contributed by atoms with Gasteiger partial charge in [-0.1, -0.05) is 36.3 Å². The number of benzene rings is 1. The van der Waals surface area contributed by atoms with Crippen LogP contribution in [0.15, 0.2) is 29.4 Å². The SMILES string of the molecule is CCC(=NOC)c1ccc(C(F)F)cc1. The molecule has 82 valence electrons. The van der Waals surface area contributed by atoms with Crippen molar-refractivity contribution < 1.29 is 13.6 Å². The predicted molar refractivity (Wildman–Crippen MR) is 55.2 cm³/mol. The summed E-state index contributed by atoms with van der Waals surface area (Å²) in [5, 5.41) is 3.82. The summed E-state index contributed by atoms with van der Waals surface area (Å²) in [6.45, 7) is 1.93. The van der Waals surface area contributed by atoms with Crippen LogP contribution in [0.3, 0.4) is 0 Å². The second kappa shape index (κ2) is 5.44. The van der Waals surface area contributed by atoms with Crippen molar-refractivity contribution in [3.63, 3.8) is 0 Å². The number of hydrogen-bond donors (Lipinski definition) is 0. The van der Waals surface area contributed by atoms with Crippen molar-refractivity contribution in [1.82, 2.24) is 0 Å². The van der Waals surface area contributed by atoms with Gasteiger partial charge < -0.3 is 4.84 Å². The number of alkyl halides is 2. The molecule has 0 heterocycles. The summed E-state index contributed by atoms with van der Waals surface area (Å²) < 4.78 is 24.5. The van der Waals surface area contributed by atoms with Crippen LogP contribution in [-0.2, 0) is 4.84 Å². The molecule has 0 N–H and O–H groups in total. The van der Waals surface area contributed by atoms with E-state index in [1.807, 2.05) is 6.92 Å². The van der Waals surface area contributed by atoms with Gasteiger partial charge in [-0.05, 0) is 12.0 Å². The molecular weight excluding hydrogens is 200 g/mol. The maximum atomic E-state index is 12.3. The minimum atomic E-state index is -2.43. The molecule has 1 aromatic carbocycles. The lowest BCUT2D eigenvalue weighted by Crippen LogP contribution is -1.99. The molecule has 4 heteroatoms. The zero-order valence-corrected chi connectivity index (χ0v) is 8.71. The van der Waals surface area contributed by atoms with E-state index < -0.39 is 6.43 Å². The summed E-state index contributed by atoms with van der Waals surface area (Å²) in [6, 6.07) is 6.06. The average Bonchev–Trinajstić information content (AvgIpc) is 2.26. The van der Waals surface area contributed by atoms with E-state index in [0.29, 0.717) is 6.42 Å². The van der Waals surface area contributed by atoms with E-state index in [2.05, 4.69) is 9.99 Å². The molecule has 0 amide bonds. The molecule has 15 heavy (non-hydrogen) atoms. The van der Waals surface area contributed by atoms with Crippen LogP contribution in [0.1, 0.15) is 30.9 Å². The molecule has 2 nitrogen and oxygen atoms in total. The van der Waals surface area contributed by atoms with Crippen molar-refractivity contribution >= 4 is 5.71 Å². The Morgan fingerprint density at radius 1 is 1.33 bits per heavy atom. The van der Waals surface area contributed by atoms with Gasteiger partial charge in [-0.2, -0.15) is 0 Å². The van der Waals surface area contributed by atoms with Crippen molar-refractivity contribution in [3.05, 3.63) is 35.4 Å². The number of halogens is 2. The summed E-state index contributed by atoms with van der Waals surface area (Å²) in [5.74, 6) is 0. The molecule has 0 aliphatic heterocycles. The van der Waals surface area contributed by atoms with Crippen LogP contribution in [0.5, 0.6) is 0 Å². The zero-order chi connectivity index (χ0) is 11.3. The topological polar surface area (TPSA) is 21.6 Å². The van der Waals surface area contributed by atoms with Crippen LogP contribution in [0.25, 0.3) is 0 Å². The summed E-state index contributed by atoms with van der Waals surface area (Å²) in [6.07, 6.45) is -1.73. The first-order valence-electron chi connectivity index (χ1n) is 4.67. The number of rotatable bonds is 4. The molecular formula is C11H13F2NO. The van der Waals surface area contributed by atoms with Crippen molar-refractivity contribution in [3.8, 4) is 0 Å². The molecule has 0 radical (unpaired) electrons. The fourth-order valence-electron chi connectivity index (χ4n) is 1.25. The number of hydrogen-bond acceptors (Lipinski definition) is 2. The third kappa shape index (κ3) is 3.01. The Morgan fingerprint density at radius 2 is 1.93 bits per heavy atom. The van der Waals surface area contributed by atoms with Gasteiger partial charge >= 0.3 is 0 Å². The average molecular weight is 213 g/mol. The Labute approximate surface area is 87.6 Å². The van der Waals surface area contributed by atoms with Crippen molar-refractivity contribution in [1.29, 1.82) is 0 Å². The predicted octanol–water partition coefficient (Wildman–Crippen LogP) is 3.38. The van der Waals surface area contributed by atoms with E-state index in [-0.39, 0.29) is 5.56 Å². The molecule has 0 bridgehead atoms. The highest BCUT2D eigenvalue weighted by Crippen LogP contribution is 2.19. The quantitative estimate of drug-likeness (QED) is 0.555. The van der Waals surface area contributed by atoms with E-state index in [4.69, 9.17) is 0 Å². The maximum Gasteiger partial charge on any atom is 0.263 e. The highest BCUT2D eigenvalue weighted by molar-refractivity contribution is 6.00. The number of nitrogens with zero attached hydrogens (tertiary/aromatic N) is 1. The molecule has 0 unspecified atom stereocenters. The normalized spacial score (nSPS) is 11.9. The largest absolute Gasteiger partial charge is 0.399 e. The van der Waals surface area contributed by atoms with Gasteiger partial charge in [0.1, 0.15) is 7.11 Å². The van der Waals surface area contributed by atoms with Crippen LogP contribution in [0.4, 0.5) is 8.78 Å². The lowest BCUT2D eigenvalue weighted by Gasteiger charge is -2.04.